The number of hydrogen-bond acceptors (Lipinski definition) is 4. The third kappa shape index (κ3) is 3.39. The molecule has 2 rings (SSSR count). The molecule has 1 fully saturated rings. The molecule has 0 aliphatic heterocycles. The highest BCUT2D eigenvalue weighted by atomic mass is 16.5. The van der Waals surface area contributed by atoms with Crippen molar-refractivity contribution in [1.29, 1.82) is 0 Å². The van der Waals surface area contributed by atoms with Gasteiger partial charge in [-0.3, -0.25) is 4.79 Å². The largest absolute Gasteiger partial charge is 0.497 e. The molecule has 6 nitrogen and oxygen atoms in total. The van der Waals surface area contributed by atoms with Crippen LogP contribution in [0.2, 0.25) is 0 Å². The molecular weight excluding hydrogens is 286 g/mol. The standard InChI is InChI=1S/C16H21NO5/c1-16(9-21-2,15(19)20)17-14(18)13-8-12(13)10-5-4-6-11(7-10)22-3/h4-7,12-13H,8-9H2,1-3H3,(H,17,18)(H,19,20). The Morgan fingerprint density at radius 3 is 2.73 bits per heavy atom. The van der Waals surface area contributed by atoms with Gasteiger partial charge in [0.05, 0.1) is 13.7 Å². The number of aliphatic carboxylic acids is 1. The molecule has 1 saturated carbocycles. The number of carboxylic acid groups (broad SMARTS) is 1. The van der Waals surface area contributed by atoms with Crippen LogP contribution in [0.5, 0.6) is 5.75 Å². The van der Waals surface area contributed by atoms with Gasteiger partial charge in [0.2, 0.25) is 5.91 Å². The van der Waals surface area contributed by atoms with E-state index in [9.17, 15) is 14.7 Å². The summed E-state index contributed by atoms with van der Waals surface area (Å²) in [5.41, 5.74) is -0.379. The highest BCUT2D eigenvalue weighted by Gasteiger charge is 2.47. The van der Waals surface area contributed by atoms with Gasteiger partial charge < -0.3 is 19.9 Å². The van der Waals surface area contributed by atoms with Gasteiger partial charge in [-0.05, 0) is 37.0 Å². The molecule has 1 aliphatic carbocycles. The third-order valence-corrected chi connectivity index (χ3v) is 3.95. The molecule has 1 aromatic rings. The molecule has 0 aromatic heterocycles. The molecule has 0 radical (unpaired) electrons. The monoisotopic (exact) mass is 307 g/mol. The topological polar surface area (TPSA) is 84.9 Å². The van der Waals surface area contributed by atoms with E-state index >= 15 is 0 Å². The van der Waals surface area contributed by atoms with Crippen LogP contribution >= 0.6 is 0 Å². The van der Waals surface area contributed by atoms with E-state index < -0.39 is 11.5 Å². The van der Waals surface area contributed by atoms with Crippen molar-refractivity contribution in [1.82, 2.24) is 5.32 Å². The molecule has 0 bridgehead atoms. The molecule has 2 N–H and O–H groups in total. The first-order valence-electron chi connectivity index (χ1n) is 7.09. The number of benzene rings is 1. The Morgan fingerprint density at radius 1 is 1.41 bits per heavy atom. The van der Waals surface area contributed by atoms with Gasteiger partial charge in [-0.1, -0.05) is 12.1 Å². The minimum Gasteiger partial charge on any atom is -0.497 e. The number of nitrogens with one attached hydrogen (secondary N) is 1. The lowest BCUT2D eigenvalue weighted by molar-refractivity contribution is -0.149. The average molecular weight is 307 g/mol. The van der Waals surface area contributed by atoms with Crippen molar-refractivity contribution in [2.45, 2.75) is 24.8 Å². The van der Waals surface area contributed by atoms with Crippen molar-refractivity contribution < 1.29 is 24.2 Å². The molecule has 1 aromatic carbocycles. The normalized spacial score (nSPS) is 22.5. The number of carbonyl (C=O) groups is 2. The van der Waals surface area contributed by atoms with E-state index in [0.29, 0.717) is 6.42 Å². The van der Waals surface area contributed by atoms with E-state index in [-0.39, 0.29) is 24.3 Å². The summed E-state index contributed by atoms with van der Waals surface area (Å²) in [6.07, 6.45) is 0.710. The van der Waals surface area contributed by atoms with Crippen molar-refractivity contribution in [3.05, 3.63) is 29.8 Å². The molecule has 0 saturated heterocycles. The lowest BCUT2D eigenvalue weighted by Crippen LogP contribution is -2.55. The summed E-state index contributed by atoms with van der Waals surface area (Å²) < 4.78 is 10.1. The first kappa shape index (κ1) is 16.3. The van der Waals surface area contributed by atoms with Crippen LogP contribution in [0.4, 0.5) is 0 Å². The quantitative estimate of drug-likeness (QED) is 0.795. The van der Waals surface area contributed by atoms with Crippen LogP contribution in [0.25, 0.3) is 0 Å². The van der Waals surface area contributed by atoms with Gasteiger partial charge >= 0.3 is 5.97 Å². The second-order valence-electron chi connectivity index (χ2n) is 5.78. The van der Waals surface area contributed by atoms with Crippen molar-refractivity contribution >= 4 is 11.9 Å². The molecule has 120 valence electrons. The summed E-state index contributed by atoms with van der Waals surface area (Å²) in [5.74, 6) is -0.715. The van der Waals surface area contributed by atoms with Crippen LogP contribution < -0.4 is 10.1 Å². The van der Waals surface area contributed by atoms with E-state index in [2.05, 4.69) is 5.32 Å². The lowest BCUT2D eigenvalue weighted by Gasteiger charge is -2.25. The zero-order valence-electron chi connectivity index (χ0n) is 13.0. The molecule has 3 atom stereocenters. The molecule has 1 amide bonds. The SMILES string of the molecule is COCC(C)(NC(=O)C1CC1c1cccc(OC)c1)C(=O)O. The fourth-order valence-electron chi connectivity index (χ4n) is 2.53. The van der Waals surface area contributed by atoms with Gasteiger partial charge in [0.25, 0.3) is 0 Å². The Bertz CT molecular complexity index is 573. The van der Waals surface area contributed by atoms with Gasteiger partial charge in [-0.15, -0.1) is 0 Å². The molecule has 3 unspecified atom stereocenters. The first-order valence-corrected chi connectivity index (χ1v) is 7.09. The average Bonchev–Trinajstić information content (AvgIpc) is 3.28. The molecular formula is C16H21NO5. The van der Waals surface area contributed by atoms with E-state index in [4.69, 9.17) is 9.47 Å². The fourth-order valence-corrected chi connectivity index (χ4v) is 2.53. The van der Waals surface area contributed by atoms with Gasteiger partial charge in [0.15, 0.2) is 5.54 Å². The zero-order chi connectivity index (χ0) is 16.3. The molecule has 0 heterocycles. The van der Waals surface area contributed by atoms with Gasteiger partial charge in [-0.2, -0.15) is 0 Å². The Balaban J connectivity index is 2.02. The highest BCUT2D eigenvalue weighted by molar-refractivity contribution is 5.90. The van der Waals surface area contributed by atoms with Gasteiger partial charge in [-0.25, -0.2) is 4.79 Å². The number of carbonyl (C=O) groups excluding carboxylic acids is 1. The first-order chi connectivity index (χ1) is 10.4. The third-order valence-electron chi connectivity index (χ3n) is 3.95. The highest BCUT2D eigenvalue weighted by Crippen LogP contribution is 2.48. The molecule has 22 heavy (non-hydrogen) atoms. The van der Waals surface area contributed by atoms with Crippen molar-refractivity contribution in [2.24, 2.45) is 5.92 Å². The van der Waals surface area contributed by atoms with E-state index in [1.54, 1.807) is 7.11 Å². The lowest BCUT2D eigenvalue weighted by atomic mass is 10.0. The number of methoxy groups -OCH3 is 2. The predicted octanol–water partition coefficient (Wildman–Crippen LogP) is 1.40. The summed E-state index contributed by atoms with van der Waals surface area (Å²) in [6, 6.07) is 7.59. The zero-order valence-corrected chi connectivity index (χ0v) is 13.0. The number of rotatable bonds is 7. The summed E-state index contributed by atoms with van der Waals surface area (Å²) in [7, 11) is 3.00. The maximum atomic E-state index is 12.3. The summed E-state index contributed by atoms with van der Waals surface area (Å²) >= 11 is 0. The van der Waals surface area contributed by atoms with E-state index in [1.165, 1.54) is 14.0 Å². The summed E-state index contributed by atoms with van der Waals surface area (Å²) in [6.45, 7) is 1.37. The number of ether oxygens (including phenoxy) is 2. The van der Waals surface area contributed by atoms with Gasteiger partial charge in [0, 0.05) is 13.0 Å². The van der Waals surface area contributed by atoms with Crippen LogP contribution in [-0.2, 0) is 14.3 Å². The second-order valence-corrected chi connectivity index (χ2v) is 5.78. The van der Waals surface area contributed by atoms with Crippen molar-refractivity contribution in [2.75, 3.05) is 20.8 Å². The number of amides is 1. The smallest absolute Gasteiger partial charge is 0.331 e. The minimum absolute atomic E-state index is 0.0788. The van der Waals surface area contributed by atoms with Crippen LogP contribution in [0.3, 0.4) is 0 Å². The Kier molecular flexibility index (Phi) is 4.71. The van der Waals surface area contributed by atoms with Crippen LogP contribution in [0.1, 0.15) is 24.8 Å². The maximum Gasteiger partial charge on any atom is 0.331 e. The molecule has 6 heteroatoms. The molecule has 1 aliphatic rings. The van der Waals surface area contributed by atoms with Crippen LogP contribution in [0, 0.1) is 5.92 Å². The van der Waals surface area contributed by atoms with E-state index in [1.807, 2.05) is 24.3 Å². The second kappa shape index (κ2) is 6.36. The summed E-state index contributed by atoms with van der Waals surface area (Å²) in [5, 5.41) is 11.8. The Hall–Kier alpha value is -2.08. The van der Waals surface area contributed by atoms with Crippen molar-refractivity contribution in [3.8, 4) is 5.75 Å². The van der Waals surface area contributed by atoms with Crippen LogP contribution in [-0.4, -0.2) is 43.3 Å². The Labute approximate surface area is 129 Å². The maximum absolute atomic E-state index is 12.3. The fraction of sp³-hybridized carbons (Fsp3) is 0.500. The Morgan fingerprint density at radius 2 is 2.14 bits per heavy atom. The van der Waals surface area contributed by atoms with Crippen molar-refractivity contribution in [3.63, 3.8) is 0 Å². The van der Waals surface area contributed by atoms with E-state index in [0.717, 1.165) is 11.3 Å². The van der Waals surface area contributed by atoms with Crippen LogP contribution in [0.15, 0.2) is 24.3 Å². The van der Waals surface area contributed by atoms with Gasteiger partial charge in [0.1, 0.15) is 5.75 Å². The number of carboxylic acids is 1. The molecule has 0 spiro atoms. The number of hydrogen-bond donors (Lipinski definition) is 2. The predicted molar refractivity (Wildman–Crippen MR) is 79.9 cm³/mol. The minimum atomic E-state index is -1.41. The summed E-state index contributed by atoms with van der Waals surface area (Å²) in [4.78, 5) is 23.6.